The zero-order chi connectivity index (χ0) is 19.1. The lowest BCUT2D eigenvalue weighted by atomic mass is 10.1. The topological polar surface area (TPSA) is 66.5 Å². The molecule has 0 saturated carbocycles. The van der Waals surface area contributed by atoms with Crippen LogP contribution in [0.4, 0.5) is 11.4 Å². The molecule has 4 rings (SSSR count). The van der Waals surface area contributed by atoms with Crippen molar-refractivity contribution in [2.75, 3.05) is 10.2 Å². The van der Waals surface area contributed by atoms with Crippen molar-refractivity contribution in [2.45, 2.75) is 6.92 Å². The number of halogens is 1. The Balaban J connectivity index is 1.63. The van der Waals surface area contributed by atoms with Crippen molar-refractivity contribution in [2.24, 2.45) is 0 Å². The van der Waals surface area contributed by atoms with Gasteiger partial charge < -0.3 is 5.32 Å². The van der Waals surface area contributed by atoms with E-state index < -0.39 is 5.91 Å². The van der Waals surface area contributed by atoms with E-state index in [1.165, 1.54) is 17.4 Å². The zero-order valence-corrected chi connectivity index (χ0v) is 15.7. The number of amides is 3. The first-order valence-corrected chi connectivity index (χ1v) is 9.35. The fourth-order valence-electron chi connectivity index (χ4n) is 3.02. The van der Waals surface area contributed by atoms with Crippen LogP contribution < -0.4 is 10.2 Å². The number of fused-ring (bicyclic) bond motifs is 1. The quantitative estimate of drug-likeness (QED) is 0.649. The Morgan fingerprint density at radius 1 is 1.04 bits per heavy atom. The van der Waals surface area contributed by atoms with Crippen LogP contribution in [0, 0.1) is 6.92 Å². The van der Waals surface area contributed by atoms with Crippen molar-refractivity contribution in [1.29, 1.82) is 0 Å². The molecule has 0 fully saturated rings. The van der Waals surface area contributed by atoms with Gasteiger partial charge in [0.25, 0.3) is 17.7 Å². The van der Waals surface area contributed by atoms with Crippen molar-refractivity contribution in [3.05, 3.63) is 80.5 Å². The molecule has 27 heavy (non-hydrogen) atoms. The Morgan fingerprint density at radius 2 is 1.81 bits per heavy atom. The van der Waals surface area contributed by atoms with Gasteiger partial charge in [0, 0.05) is 10.7 Å². The summed E-state index contributed by atoms with van der Waals surface area (Å²) in [4.78, 5) is 39.3. The van der Waals surface area contributed by atoms with E-state index in [0.717, 1.165) is 4.90 Å². The molecule has 7 heteroatoms. The number of thiophene rings is 1. The summed E-state index contributed by atoms with van der Waals surface area (Å²) in [6.45, 7) is 1.78. The molecule has 3 aromatic rings. The molecule has 2 aromatic carbocycles. The third kappa shape index (κ3) is 3.03. The lowest BCUT2D eigenvalue weighted by molar-refractivity contribution is 0.0924. The summed E-state index contributed by atoms with van der Waals surface area (Å²) < 4.78 is 0. The average Bonchev–Trinajstić information content (AvgIpc) is 3.25. The summed E-state index contributed by atoms with van der Waals surface area (Å²) in [6.07, 6.45) is 0. The van der Waals surface area contributed by atoms with Crippen LogP contribution in [0.2, 0.25) is 5.02 Å². The number of hydrogen-bond acceptors (Lipinski definition) is 4. The van der Waals surface area contributed by atoms with Crippen molar-refractivity contribution in [3.8, 4) is 0 Å². The minimum absolute atomic E-state index is 0.201. The Hall–Kier alpha value is -2.96. The number of benzene rings is 2. The number of aryl methyl sites for hydroxylation is 1. The lowest BCUT2D eigenvalue weighted by Crippen LogP contribution is -2.30. The molecule has 0 saturated heterocycles. The third-order valence-electron chi connectivity index (χ3n) is 4.29. The number of nitrogens with zero attached hydrogens (tertiary/aromatic N) is 1. The van der Waals surface area contributed by atoms with Crippen LogP contribution >= 0.6 is 22.9 Å². The number of carbonyl (C=O) groups excluding carboxylic acids is 3. The van der Waals surface area contributed by atoms with E-state index in [2.05, 4.69) is 5.32 Å². The van der Waals surface area contributed by atoms with Crippen LogP contribution in [0.15, 0.2) is 53.9 Å². The molecule has 0 spiro atoms. The Bertz CT molecular complexity index is 1090. The van der Waals surface area contributed by atoms with Crippen LogP contribution in [-0.4, -0.2) is 17.7 Å². The summed E-state index contributed by atoms with van der Waals surface area (Å²) in [5.41, 5.74) is 2.39. The molecule has 0 bridgehead atoms. The van der Waals surface area contributed by atoms with Crippen molar-refractivity contribution in [1.82, 2.24) is 0 Å². The van der Waals surface area contributed by atoms with Gasteiger partial charge in [0.15, 0.2) is 0 Å². The van der Waals surface area contributed by atoms with Gasteiger partial charge in [-0.05, 0) is 60.3 Å². The molecule has 1 N–H and O–H groups in total. The Kier molecular flexibility index (Phi) is 4.30. The molecular weight excluding hydrogens is 384 g/mol. The maximum atomic E-state index is 12.7. The van der Waals surface area contributed by atoms with Crippen LogP contribution in [0.3, 0.4) is 0 Å². The van der Waals surface area contributed by atoms with Gasteiger partial charge >= 0.3 is 0 Å². The van der Waals surface area contributed by atoms with E-state index in [0.29, 0.717) is 38.0 Å². The molecule has 1 aliphatic heterocycles. The van der Waals surface area contributed by atoms with Crippen molar-refractivity contribution >= 4 is 52.0 Å². The normalized spacial score (nSPS) is 13.0. The van der Waals surface area contributed by atoms with E-state index in [-0.39, 0.29) is 11.8 Å². The highest BCUT2D eigenvalue weighted by molar-refractivity contribution is 7.12. The number of rotatable bonds is 3. The second kappa shape index (κ2) is 6.64. The highest BCUT2D eigenvalue weighted by Crippen LogP contribution is 2.33. The molecule has 2 heterocycles. The smallest absolute Gasteiger partial charge is 0.266 e. The van der Waals surface area contributed by atoms with Gasteiger partial charge in [0.05, 0.1) is 21.7 Å². The maximum Gasteiger partial charge on any atom is 0.266 e. The van der Waals surface area contributed by atoms with Crippen molar-refractivity contribution < 1.29 is 14.4 Å². The molecule has 1 aromatic heterocycles. The summed E-state index contributed by atoms with van der Waals surface area (Å²) >= 11 is 7.30. The molecule has 3 amide bonds. The van der Waals surface area contributed by atoms with E-state index >= 15 is 0 Å². The summed E-state index contributed by atoms with van der Waals surface area (Å²) in [7, 11) is 0. The highest BCUT2D eigenvalue weighted by atomic mass is 35.5. The molecule has 1 aliphatic rings. The summed E-state index contributed by atoms with van der Waals surface area (Å²) in [5.74, 6) is -0.992. The number of anilines is 2. The molecule has 5 nitrogen and oxygen atoms in total. The predicted octanol–water partition coefficient (Wildman–Crippen LogP) is 4.76. The average molecular weight is 397 g/mol. The first-order valence-electron chi connectivity index (χ1n) is 8.09. The highest BCUT2D eigenvalue weighted by Gasteiger charge is 2.37. The number of imide groups is 1. The molecule has 0 unspecified atom stereocenters. The van der Waals surface area contributed by atoms with Gasteiger partial charge in [-0.25, -0.2) is 4.90 Å². The molecule has 0 radical (unpaired) electrons. The monoisotopic (exact) mass is 396 g/mol. The Morgan fingerprint density at radius 3 is 2.52 bits per heavy atom. The Labute approximate surface area is 164 Å². The van der Waals surface area contributed by atoms with Gasteiger partial charge in [0.2, 0.25) is 0 Å². The standard InChI is InChI=1S/C20H13ClN2O3S/c1-11-9-13(22-18(24)17-3-2-8-27-17)5-7-16(11)23-19(25)14-6-4-12(21)10-15(14)20(23)26/h2-10H,1H3,(H,22,24). The van der Waals surface area contributed by atoms with Crippen LogP contribution in [-0.2, 0) is 0 Å². The second-order valence-electron chi connectivity index (χ2n) is 6.07. The molecule has 134 valence electrons. The second-order valence-corrected chi connectivity index (χ2v) is 7.45. The first kappa shape index (κ1) is 17.5. The van der Waals surface area contributed by atoms with Crippen molar-refractivity contribution in [3.63, 3.8) is 0 Å². The number of carbonyl (C=O) groups is 3. The SMILES string of the molecule is Cc1cc(NC(=O)c2cccs2)ccc1N1C(=O)c2ccc(Cl)cc2C1=O. The largest absolute Gasteiger partial charge is 0.321 e. The molecular formula is C20H13ClN2O3S. The van der Waals surface area contributed by atoms with Gasteiger partial charge in [-0.1, -0.05) is 17.7 Å². The van der Waals surface area contributed by atoms with Gasteiger partial charge in [-0.15, -0.1) is 11.3 Å². The summed E-state index contributed by atoms with van der Waals surface area (Å²) in [5, 5.41) is 5.05. The third-order valence-corrected chi connectivity index (χ3v) is 5.39. The molecule has 0 atom stereocenters. The minimum atomic E-state index is -0.407. The maximum absolute atomic E-state index is 12.7. The van der Waals surface area contributed by atoms with Crippen LogP contribution in [0.1, 0.15) is 36.0 Å². The van der Waals surface area contributed by atoms with E-state index in [9.17, 15) is 14.4 Å². The van der Waals surface area contributed by atoms with Gasteiger partial charge in [0.1, 0.15) is 0 Å². The van der Waals surface area contributed by atoms with E-state index in [4.69, 9.17) is 11.6 Å². The molecule has 0 aliphatic carbocycles. The number of hydrogen-bond donors (Lipinski definition) is 1. The zero-order valence-electron chi connectivity index (χ0n) is 14.2. The summed E-state index contributed by atoms with van der Waals surface area (Å²) in [6, 6.07) is 13.3. The van der Waals surface area contributed by atoms with Gasteiger partial charge in [-0.3, -0.25) is 14.4 Å². The fraction of sp³-hybridized carbons (Fsp3) is 0.0500. The first-order chi connectivity index (χ1) is 13.0. The van der Waals surface area contributed by atoms with E-state index in [1.807, 2.05) is 11.4 Å². The number of nitrogens with one attached hydrogen (secondary N) is 1. The minimum Gasteiger partial charge on any atom is -0.321 e. The predicted molar refractivity (Wildman–Crippen MR) is 106 cm³/mol. The fourth-order valence-corrected chi connectivity index (χ4v) is 3.81. The lowest BCUT2D eigenvalue weighted by Gasteiger charge is -2.17. The van der Waals surface area contributed by atoms with Crippen LogP contribution in [0.5, 0.6) is 0 Å². The van der Waals surface area contributed by atoms with Gasteiger partial charge in [-0.2, -0.15) is 0 Å². The van der Waals surface area contributed by atoms with E-state index in [1.54, 1.807) is 43.3 Å². The van der Waals surface area contributed by atoms with Crippen LogP contribution in [0.25, 0.3) is 0 Å².